The predicted octanol–water partition coefficient (Wildman–Crippen LogP) is 4.16. The average Bonchev–Trinajstić information content (AvgIpc) is 2.39. The summed E-state index contributed by atoms with van der Waals surface area (Å²) in [5.41, 5.74) is 1.68. The zero-order valence-corrected chi connectivity index (χ0v) is 11.7. The molecule has 1 nitrogen and oxygen atoms in total. The Kier molecular flexibility index (Phi) is 4.03. The molecule has 0 fully saturated rings. The second kappa shape index (κ2) is 5.53. The molecule has 0 atom stereocenters. The van der Waals surface area contributed by atoms with Crippen LogP contribution >= 0.6 is 0 Å². The summed E-state index contributed by atoms with van der Waals surface area (Å²) in [6.07, 6.45) is 2.24. The second-order valence-corrected chi connectivity index (χ2v) is 5.55. The van der Waals surface area contributed by atoms with E-state index in [1.165, 1.54) is 16.3 Å². The maximum absolute atomic E-state index is 3.62. The monoisotopic (exact) mass is 241 g/mol. The van der Waals surface area contributed by atoms with Crippen LogP contribution in [0.15, 0.2) is 42.5 Å². The largest absolute Gasteiger partial charge is 0.311 e. The van der Waals surface area contributed by atoms with E-state index in [0.717, 1.165) is 19.4 Å². The van der Waals surface area contributed by atoms with Gasteiger partial charge in [0.15, 0.2) is 0 Å². The van der Waals surface area contributed by atoms with E-state index in [4.69, 9.17) is 0 Å². The van der Waals surface area contributed by atoms with Crippen molar-refractivity contribution in [3.8, 4) is 0 Å². The van der Waals surface area contributed by atoms with Gasteiger partial charge in [0, 0.05) is 5.54 Å². The van der Waals surface area contributed by atoms with Gasteiger partial charge in [-0.25, -0.2) is 0 Å². The molecular formula is C17H23N. The number of fused-ring (bicyclic) bond motifs is 1. The van der Waals surface area contributed by atoms with Gasteiger partial charge in [0.25, 0.3) is 0 Å². The summed E-state index contributed by atoms with van der Waals surface area (Å²) in [5, 5.41) is 6.34. The fourth-order valence-corrected chi connectivity index (χ4v) is 2.17. The Morgan fingerprint density at radius 1 is 1.00 bits per heavy atom. The minimum absolute atomic E-state index is 0.241. The van der Waals surface area contributed by atoms with Crippen LogP contribution < -0.4 is 5.32 Å². The predicted molar refractivity (Wildman–Crippen MR) is 80.0 cm³/mol. The maximum atomic E-state index is 3.62. The van der Waals surface area contributed by atoms with Crippen molar-refractivity contribution in [3.05, 3.63) is 48.0 Å². The highest BCUT2D eigenvalue weighted by molar-refractivity contribution is 5.85. The van der Waals surface area contributed by atoms with E-state index in [0.29, 0.717) is 0 Å². The first-order valence-corrected chi connectivity index (χ1v) is 6.84. The van der Waals surface area contributed by atoms with Crippen molar-refractivity contribution in [2.75, 3.05) is 6.54 Å². The Balaban J connectivity index is 2.08. The van der Waals surface area contributed by atoms with Crippen LogP contribution in [0.2, 0.25) is 0 Å². The lowest BCUT2D eigenvalue weighted by Crippen LogP contribution is -2.39. The summed E-state index contributed by atoms with van der Waals surface area (Å²) in [5.74, 6) is 0. The van der Waals surface area contributed by atoms with Crippen LogP contribution in [-0.4, -0.2) is 12.1 Å². The van der Waals surface area contributed by atoms with Gasteiger partial charge in [-0.05, 0) is 49.6 Å². The maximum Gasteiger partial charge on any atom is 0.0122 e. The van der Waals surface area contributed by atoms with Gasteiger partial charge in [-0.2, -0.15) is 0 Å². The van der Waals surface area contributed by atoms with Gasteiger partial charge in [-0.3, -0.25) is 0 Å². The lowest BCUT2D eigenvalue weighted by Gasteiger charge is -2.24. The first kappa shape index (κ1) is 13.1. The first-order valence-electron chi connectivity index (χ1n) is 6.84. The molecule has 0 aliphatic carbocycles. The Labute approximate surface area is 110 Å². The summed E-state index contributed by atoms with van der Waals surface area (Å²) in [4.78, 5) is 0. The molecule has 2 aromatic carbocycles. The van der Waals surface area contributed by atoms with Crippen molar-refractivity contribution < 1.29 is 0 Å². The molecule has 0 heterocycles. The smallest absolute Gasteiger partial charge is 0.0122 e. The fourth-order valence-electron chi connectivity index (χ4n) is 2.17. The Hall–Kier alpha value is -1.34. The van der Waals surface area contributed by atoms with Gasteiger partial charge in [0.05, 0.1) is 0 Å². The molecule has 0 aliphatic heterocycles. The van der Waals surface area contributed by atoms with Crippen LogP contribution in [0.4, 0.5) is 0 Å². The van der Waals surface area contributed by atoms with Gasteiger partial charge >= 0.3 is 0 Å². The van der Waals surface area contributed by atoms with Crippen molar-refractivity contribution in [1.82, 2.24) is 5.32 Å². The Morgan fingerprint density at radius 3 is 2.50 bits per heavy atom. The molecule has 2 rings (SSSR count). The molecule has 0 radical (unpaired) electrons. The first-order chi connectivity index (χ1) is 8.62. The Morgan fingerprint density at radius 2 is 1.72 bits per heavy atom. The van der Waals surface area contributed by atoms with Gasteiger partial charge in [0.2, 0.25) is 0 Å². The van der Waals surface area contributed by atoms with Gasteiger partial charge in [0.1, 0.15) is 0 Å². The molecule has 1 heteroatoms. The lowest BCUT2D eigenvalue weighted by atomic mass is 10.00. The van der Waals surface area contributed by atoms with E-state index in [1.807, 2.05) is 0 Å². The van der Waals surface area contributed by atoms with Crippen molar-refractivity contribution in [1.29, 1.82) is 0 Å². The van der Waals surface area contributed by atoms with Crippen LogP contribution in [-0.2, 0) is 6.42 Å². The number of hydrogen-bond acceptors (Lipinski definition) is 1. The minimum atomic E-state index is 0.241. The van der Waals surface area contributed by atoms with Crippen LogP contribution in [0.3, 0.4) is 0 Å². The summed E-state index contributed by atoms with van der Waals surface area (Å²) in [7, 11) is 0. The molecule has 0 bridgehead atoms. The molecule has 0 spiro atoms. The van der Waals surface area contributed by atoms with E-state index < -0.39 is 0 Å². The van der Waals surface area contributed by atoms with Gasteiger partial charge < -0.3 is 5.32 Å². The molecule has 1 N–H and O–H groups in total. The highest BCUT2D eigenvalue weighted by Crippen LogP contribution is 2.19. The number of rotatable bonds is 5. The normalized spacial score (nSPS) is 11.9. The number of hydrogen-bond donors (Lipinski definition) is 1. The third-order valence-electron chi connectivity index (χ3n) is 3.76. The second-order valence-electron chi connectivity index (χ2n) is 5.55. The van der Waals surface area contributed by atoms with Gasteiger partial charge in [-0.15, -0.1) is 0 Å². The molecule has 0 aliphatic rings. The summed E-state index contributed by atoms with van der Waals surface area (Å²) in [6, 6.07) is 15.2. The third-order valence-corrected chi connectivity index (χ3v) is 3.76. The molecule has 0 aromatic heterocycles. The number of benzene rings is 2. The van der Waals surface area contributed by atoms with Crippen LogP contribution in [0.25, 0.3) is 10.8 Å². The summed E-state index contributed by atoms with van der Waals surface area (Å²) in [6.45, 7) is 7.78. The Bertz CT molecular complexity index is 509. The van der Waals surface area contributed by atoms with E-state index in [9.17, 15) is 0 Å². The third kappa shape index (κ3) is 3.11. The van der Waals surface area contributed by atoms with Crippen molar-refractivity contribution in [2.45, 2.75) is 39.2 Å². The SMILES string of the molecule is CCC(C)(C)NCCc1cccc2ccccc12. The fraction of sp³-hybridized carbons (Fsp3) is 0.412. The summed E-state index contributed by atoms with van der Waals surface area (Å²) >= 11 is 0. The quantitative estimate of drug-likeness (QED) is 0.828. The molecule has 2 aromatic rings. The lowest BCUT2D eigenvalue weighted by molar-refractivity contribution is 0.380. The zero-order valence-electron chi connectivity index (χ0n) is 11.7. The van der Waals surface area contributed by atoms with E-state index in [1.54, 1.807) is 0 Å². The highest BCUT2D eigenvalue weighted by atomic mass is 14.9. The van der Waals surface area contributed by atoms with E-state index in [-0.39, 0.29) is 5.54 Å². The van der Waals surface area contributed by atoms with E-state index in [2.05, 4.69) is 68.6 Å². The van der Waals surface area contributed by atoms with Crippen molar-refractivity contribution in [3.63, 3.8) is 0 Å². The van der Waals surface area contributed by atoms with E-state index >= 15 is 0 Å². The highest BCUT2D eigenvalue weighted by Gasteiger charge is 2.12. The van der Waals surface area contributed by atoms with Gasteiger partial charge in [-0.1, -0.05) is 49.4 Å². The molecule has 0 saturated heterocycles. The number of nitrogens with one attached hydrogen (secondary N) is 1. The standard InChI is InChI=1S/C17H23N/c1-4-17(2,3)18-13-12-15-10-7-9-14-8-5-6-11-16(14)15/h5-11,18H,4,12-13H2,1-3H3. The van der Waals surface area contributed by atoms with Crippen LogP contribution in [0.1, 0.15) is 32.8 Å². The molecule has 96 valence electrons. The minimum Gasteiger partial charge on any atom is -0.311 e. The summed E-state index contributed by atoms with van der Waals surface area (Å²) < 4.78 is 0. The molecular weight excluding hydrogens is 218 g/mol. The molecule has 0 unspecified atom stereocenters. The van der Waals surface area contributed by atoms with Crippen LogP contribution in [0, 0.1) is 0 Å². The van der Waals surface area contributed by atoms with Crippen molar-refractivity contribution in [2.24, 2.45) is 0 Å². The zero-order chi connectivity index (χ0) is 13.0. The molecule has 0 amide bonds. The van der Waals surface area contributed by atoms with Crippen LogP contribution in [0.5, 0.6) is 0 Å². The topological polar surface area (TPSA) is 12.0 Å². The van der Waals surface area contributed by atoms with Crippen molar-refractivity contribution >= 4 is 10.8 Å². The molecule has 0 saturated carbocycles. The average molecular weight is 241 g/mol. The molecule has 18 heavy (non-hydrogen) atoms.